The van der Waals surface area contributed by atoms with Crippen LogP contribution in [0.15, 0.2) is 0 Å². The predicted molar refractivity (Wildman–Crippen MR) is 43.5 cm³/mol. The Morgan fingerprint density at radius 3 is 2.82 bits per heavy atom. The van der Waals surface area contributed by atoms with E-state index in [2.05, 4.69) is 22.6 Å². The van der Waals surface area contributed by atoms with Crippen LogP contribution in [0.2, 0.25) is 0 Å². The molecule has 0 unspecified atom stereocenters. The molecule has 63 valence electrons. The second-order valence-corrected chi connectivity index (χ2v) is 2.72. The second kappa shape index (κ2) is 7.62. The van der Waals surface area contributed by atoms with Gasteiger partial charge in [-0.05, 0) is 20.1 Å². The number of hydrogen-bond donors (Lipinski definition) is 1. The minimum atomic E-state index is 0. The Morgan fingerprint density at radius 2 is 2.00 bits per heavy atom. The van der Waals surface area contributed by atoms with Crippen LogP contribution in [0.3, 0.4) is 0 Å². The molecule has 1 saturated heterocycles. The maximum Gasteiger partial charge on any atom is 0.0103 e. The first-order valence-corrected chi connectivity index (χ1v) is 3.92. The minimum Gasteiger partial charge on any atom is -0.660 e. The molecule has 0 aliphatic carbocycles. The molecule has 0 spiro atoms. The third-order valence-corrected chi connectivity index (χ3v) is 1.76. The number of nitrogens with zero attached hydrogens (tertiary/aromatic N) is 2. The molecule has 11 heavy (non-hydrogen) atoms. The fourth-order valence-corrected chi connectivity index (χ4v) is 1.02. The van der Waals surface area contributed by atoms with E-state index in [1.165, 1.54) is 0 Å². The number of hydrogen-bond acceptors (Lipinski definition) is 2. The van der Waals surface area contributed by atoms with E-state index in [-0.39, 0.29) is 32.7 Å². The van der Waals surface area contributed by atoms with Crippen molar-refractivity contribution in [3.05, 3.63) is 5.32 Å². The largest absolute Gasteiger partial charge is 0.660 e. The van der Waals surface area contributed by atoms with E-state index >= 15 is 0 Å². The molecule has 1 N–H and O–H groups in total. The molecule has 0 aromatic rings. The van der Waals surface area contributed by atoms with E-state index in [1.54, 1.807) is 0 Å². The van der Waals surface area contributed by atoms with E-state index < -0.39 is 0 Å². The molecular weight excluding hydrogens is 215 g/mol. The monoisotopic (exact) mass is 231 g/mol. The summed E-state index contributed by atoms with van der Waals surface area (Å²) in [6.45, 7) is 6.39. The molecule has 1 radical (unpaired) electrons. The van der Waals surface area contributed by atoms with Gasteiger partial charge in [-0.1, -0.05) is 0 Å². The average molecular weight is 231 g/mol. The molecule has 0 saturated carbocycles. The van der Waals surface area contributed by atoms with Crippen LogP contribution in [0.25, 0.3) is 5.32 Å². The van der Waals surface area contributed by atoms with Crippen molar-refractivity contribution in [3.63, 3.8) is 0 Å². The molecule has 1 fully saturated rings. The predicted octanol–water partition coefficient (Wildman–Crippen LogP) is -0.107. The van der Waals surface area contributed by atoms with Crippen LogP contribution >= 0.6 is 0 Å². The van der Waals surface area contributed by atoms with Gasteiger partial charge in [0, 0.05) is 45.8 Å². The molecule has 0 aromatic heterocycles. The summed E-state index contributed by atoms with van der Waals surface area (Å²) < 4.78 is 0. The maximum atomic E-state index is 4.34. The van der Waals surface area contributed by atoms with E-state index in [4.69, 9.17) is 0 Å². The summed E-state index contributed by atoms with van der Waals surface area (Å²) in [5.74, 6) is 0. The number of nitrogens with one attached hydrogen (secondary N) is 1. The van der Waals surface area contributed by atoms with Crippen molar-refractivity contribution in [1.29, 1.82) is 0 Å². The fourth-order valence-electron chi connectivity index (χ4n) is 1.02. The quantitative estimate of drug-likeness (QED) is 0.630. The van der Waals surface area contributed by atoms with Crippen LogP contribution in [0.5, 0.6) is 0 Å². The van der Waals surface area contributed by atoms with Crippen LogP contribution in [-0.4, -0.2) is 51.2 Å². The summed E-state index contributed by atoms with van der Waals surface area (Å²) in [6.07, 6.45) is 0. The van der Waals surface area contributed by atoms with Gasteiger partial charge in [0.2, 0.25) is 0 Å². The van der Waals surface area contributed by atoms with Crippen LogP contribution in [0.4, 0.5) is 0 Å². The SMILES string of the molecule is CN1CC[N-]CCNCC1.[Y]. The van der Waals surface area contributed by atoms with Gasteiger partial charge < -0.3 is 15.5 Å². The van der Waals surface area contributed by atoms with Crippen molar-refractivity contribution in [1.82, 2.24) is 10.2 Å². The Morgan fingerprint density at radius 1 is 1.18 bits per heavy atom. The Bertz CT molecular complexity index is 79.8. The first-order valence-electron chi connectivity index (χ1n) is 3.92. The third kappa shape index (κ3) is 6.17. The summed E-state index contributed by atoms with van der Waals surface area (Å²) in [4.78, 5) is 2.31. The summed E-state index contributed by atoms with van der Waals surface area (Å²) in [5, 5.41) is 7.66. The zero-order chi connectivity index (χ0) is 7.23. The third-order valence-electron chi connectivity index (χ3n) is 1.76. The standard InChI is InChI=1S/C7H16N3.Y/c1-10-6-4-8-2-3-9-5-7-10;/h8H,2-7H2,1H3;/q-1;. The summed E-state index contributed by atoms with van der Waals surface area (Å²) in [7, 11) is 2.14. The molecule has 1 aliphatic heterocycles. The van der Waals surface area contributed by atoms with Crippen molar-refractivity contribution in [3.8, 4) is 0 Å². The average Bonchev–Trinajstić information content (AvgIpc) is 2.02. The molecule has 0 bridgehead atoms. The number of likely N-dealkylation sites (N-methyl/N-ethyl adjacent to an activating group) is 1. The fraction of sp³-hybridized carbons (Fsp3) is 1.00. The van der Waals surface area contributed by atoms with Crippen molar-refractivity contribution >= 4 is 0 Å². The van der Waals surface area contributed by atoms with Crippen LogP contribution in [0, 0.1) is 0 Å². The maximum absolute atomic E-state index is 4.34. The van der Waals surface area contributed by atoms with Crippen molar-refractivity contribution in [2.45, 2.75) is 0 Å². The van der Waals surface area contributed by atoms with Crippen molar-refractivity contribution < 1.29 is 32.7 Å². The molecule has 1 aliphatic rings. The molecular formula is C7H16N3Y-. The van der Waals surface area contributed by atoms with Gasteiger partial charge >= 0.3 is 0 Å². The van der Waals surface area contributed by atoms with Gasteiger partial charge in [-0.25, -0.2) is 0 Å². The molecule has 3 nitrogen and oxygen atoms in total. The van der Waals surface area contributed by atoms with Crippen LogP contribution in [-0.2, 0) is 32.7 Å². The van der Waals surface area contributed by atoms with E-state index in [9.17, 15) is 0 Å². The summed E-state index contributed by atoms with van der Waals surface area (Å²) in [6, 6.07) is 0. The van der Waals surface area contributed by atoms with Gasteiger partial charge in [0.05, 0.1) is 0 Å². The van der Waals surface area contributed by atoms with Gasteiger partial charge in [0.1, 0.15) is 0 Å². The summed E-state index contributed by atoms with van der Waals surface area (Å²) >= 11 is 0. The Kier molecular flexibility index (Phi) is 8.31. The molecule has 1 rings (SSSR count). The molecule has 0 atom stereocenters. The van der Waals surface area contributed by atoms with Gasteiger partial charge in [-0.2, -0.15) is 0 Å². The normalized spacial score (nSPS) is 22.6. The van der Waals surface area contributed by atoms with Crippen LogP contribution < -0.4 is 5.32 Å². The van der Waals surface area contributed by atoms with E-state index in [1.807, 2.05) is 0 Å². The summed E-state index contributed by atoms with van der Waals surface area (Å²) in [5.41, 5.74) is 0. The van der Waals surface area contributed by atoms with Crippen LogP contribution in [0.1, 0.15) is 0 Å². The van der Waals surface area contributed by atoms with E-state index in [0.717, 1.165) is 39.3 Å². The zero-order valence-electron chi connectivity index (χ0n) is 7.21. The Hall–Kier alpha value is 0.984. The Balaban J connectivity index is 0.000001000. The van der Waals surface area contributed by atoms with Gasteiger partial charge in [-0.3, -0.25) is 0 Å². The van der Waals surface area contributed by atoms with Crippen molar-refractivity contribution in [2.24, 2.45) is 0 Å². The minimum absolute atomic E-state index is 0. The molecule has 0 amide bonds. The Labute approximate surface area is 94.2 Å². The van der Waals surface area contributed by atoms with Gasteiger partial charge in [-0.15, -0.1) is 13.1 Å². The zero-order valence-corrected chi connectivity index (χ0v) is 10.1. The smallest absolute Gasteiger partial charge is 0.0103 e. The first kappa shape index (κ1) is 12.0. The van der Waals surface area contributed by atoms with E-state index in [0.29, 0.717) is 0 Å². The topological polar surface area (TPSA) is 29.4 Å². The molecule has 4 heteroatoms. The molecule has 0 aromatic carbocycles. The van der Waals surface area contributed by atoms with Gasteiger partial charge in [0.15, 0.2) is 0 Å². The number of rotatable bonds is 0. The molecule has 1 heterocycles. The van der Waals surface area contributed by atoms with Crippen molar-refractivity contribution in [2.75, 3.05) is 46.3 Å². The second-order valence-electron chi connectivity index (χ2n) is 2.72. The first-order chi connectivity index (χ1) is 4.89. The van der Waals surface area contributed by atoms with Gasteiger partial charge in [0.25, 0.3) is 0 Å².